The first-order valence-corrected chi connectivity index (χ1v) is 4.00. The Bertz CT molecular complexity index is 300. The lowest BCUT2D eigenvalue weighted by molar-refractivity contribution is -0.0551. The van der Waals surface area contributed by atoms with Gasteiger partial charge < -0.3 is 9.47 Å². The Labute approximate surface area is 83.4 Å². The molecule has 0 aliphatic heterocycles. The zero-order valence-corrected chi connectivity index (χ0v) is 7.72. The molecule has 0 atom stereocenters. The first-order chi connectivity index (χ1) is 7.00. The largest absolute Gasteiger partial charge is 0.434 e. The van der Waals surface area contributed by atoms with Crippen molar-refractivity contribution in [3.05, 3.63) is 23.8 Å². The molecule has 0 N–H and O–H groups in total. The monoisotopic (exact) mass is 224 g/mol. The molecule has 0 aromatic heterocycles. The van der Waals surface area contributed by atoms with Crippen molar-refractivity contribution in [3.63, 3.8) is 0 Å². The molecule has 0 aliphatic rings. The Morgan fingerprint density at radius 3 is 1.67 bits per heavy atom. The van der Waals surface area contributed by atoms with E-state index in [0.717, 1.165) is 0 Å². The van der Waals surface area contributed by atoms with Gasteiger partial charge in [0.15, 0.2) is 0 Å². The van der Waals surface area contributed by atoms with Crippen molar-refractivity contribution in [3.8, 4) is 11.5 Å². The van der Waals surface area contributed by atoms with Gasteiger partial charge in [0.2, 0.25) is 0 Å². The zero-order valence-electron chi connectivity index (χ0n) is 7.72. The normalized spacial score (nSPS) is 10.9. The van der Waals surface area contributed by atoms with Gasteiger partial charge in [0, 0.05) is 5.56 Å². The third kappa shape index (κ3) is 3.30. The highest BCUT2D eigenvalue weighted by Gasteiger charge is 2.13. The second kappa shape index (κ2) is 4.86. The van der Waals surface area contributed by atoms with Crippen LogP contribution >= 0.6 is 0 Å². The fourth-order valence-electron chi connectivity index (χ4n) is 1.04. The van der Waals surface area contributed by atoms with Gasteiger partial charge in [0.25, 0.3) is 0 Å². The Hall–Kier alpha value is -1.46. The lowest BCUT2D eigenvalue weighted by Gasteiger charge is -2.12. The summed E-state index contributed by atoms with van der Waals surface area (Å²) in [5, 5.41) is 0. The van der Waals surface area contributed by atoms with E-state index in [1.807, 2.05) is 0 Å². The Morgan fingerprint density at radius 2 is 1.33 bits per heavy atom. The predicted octanol–water partition coefficient (Wildman–Crippen LogP) is 3.20. The van der Waals surface area contributed by atoms with Crippen LogP contribution in [0.5, 0.6) is 11.5 Å². The van der Waals surface area contributed by atoms with Crippen LogP contribution in [0.25, 0.3) is 0 Å². The summed E-state index contributed by atoms with van der Waals surface area (Å²) in [4.78, 5) is 0. The molecule has 0 unspecified atom stereocenters. The van der Waals surface area contributed by atoms with Gasteiger partial charge in [-0.3, -0.25) is 0 Å². The van der Waals surface area contributed by atoms with Gasteiger partial charge in [-0.15, -0.1) is 0 Å². The van der Waals surface area contributed by atoms with Gasteiger partial charge in [-0.2, -0.15) is 17.6 Å². The van der Waals surface area contributed by atoms with Crippen LogP contribution in [-0.4, -0.2) is 13.2 Å². The Kier molecular flexibility index (Phi) is 3.76. The van der Waals surface area contributed by atoms with Crippen LogP contribution in [0.3, 0.4) is 0 Å². The molecule has 0 saturated carbocycles. The van der Waals surface area contributed by atoms with Crippen LogP contribution in [0, 0.1) is 6.92 Å². The predicted molar refractivity (Wildman–Crippen MR) is 44.4 cm³/mol. The van der Waals surface area contributed by atoms with E-state index in [-0.39, 0.29) is 17.1 Å². The topological polar surface area (TPSA) is 18.5 Å². The SMILES string of the molecule is Cc1c(OC(F)F)cccc1OC(F)F. The summed E-state index contributed by atoms with van der Waals surface area (Å²) >= 11 is 0. The summed E-state index contributed by atoms with van der Waals surface area (Å²) in [7, 11) is 0. The molecule has 0 saturated heterocycles. The van der Waals surface area contributed by atoms with E-state index in [0.29, 0.717) is 0 Å². The summed E-state index contributed by atoms with van der Waals surface area (Å²) in [6, 6.07) is 3.79. The molecule has 0 aliphatic carbocycles. The second-order valence-corrected chi connectivity index (χ2v) is 2.64. The van der Waals surface area contributed by atoms with Gasteiger partial charge in [0.1, 0.15) is 11.5 Å². The van der Waals surface area contributed by atoms with Crippen LogP contribution in [0.1, 0.15) is 5.56 Å². The molecule has 0 heterocycles. The highest BCUT2D eigenvalue weighted by Crippen LogP contribution is 2.29. The number of hydrogen-bond acceptors (Lipinski definition) is 2. The van der Waals surface area contributed by atoms with Crippen molar-refractivity contribution in [1.82, 2.24) is 0 Å². The van der Waals surface area contributed by atoms with E-state index in [1.54, 1.807) is 0 Å². The molecule has 0 spiro atoms. The molecule has 1 aromatic carbocycles. The second-order valence-electron chi connectivity index (χ2n) is 2.64. The summed E-state index contributed by atoms with van der Waals surface area (Å²) in [6.07, 6.45) is 0. The molecular formula is C9H8F4O2. The summed E-state index contributed by atoms with van der Waals surface area (Å²) in [6.45, 7) is -4.63. The van der Waals surface area contributed by atoms with Gasteiger partial charge in [-0.25, -0.2) is 0 Å². The smallest absolute Gasteiger partial charge is 0.387 e. The number of hydrogen-bond donors (Lipinski definition) is 0. The molecule has 0 fully saturated rings. The number of halogens is 4. The first-order valence-electron chi connectivity index (χ1n) is 4.00. The molecule has 15 heavy (non-hydrogen) atoms. The Morgan fingerprint density at radius 1 is 0.933 bits per heavy atom. The maximum absolute atomic E-state index is 11.9. The lowest BCUT2D eigenvalue weighted by atomic mass is 10.2. The molecule has 6 heteroatoms. The summed E-state index contributed by atoms with van der Waals surface area (Å²) < 4.78 is 55.8. The lowest BCUT2D eigenvalue weighted by Crippen LogP contribution is -2.06. The van der Waals surface area contributed by atoms with Crippen molar-refractivity contribution in [1.29, 1.82) is 0 Å². The number of alkyl halides is 4. The fraction of sp³-hybridized carbons (Fsp3) is 0.333. The molecule has 1 rings (SSSR count). The fourth-order valence-corrected chi connectivity index (χ4v) is 1.04. The quantitative estimate of drug-likeness (QED) is 0.731. The molecule has 0 bridgehead atoms. The van der Waals surface area contributed by atoms with Crippen molar-refractivity contribution < 1.29 is 27.0 Å². The molecule has 84 valence electrons. The minimum absolute atomic E-state index is 0.109. The number of benzene rings is 1. The van der Waals surface area contributed by atoms with E-state index >= 15 is 0 Å². The van der Waals surface area contributed by atoms with Gasteiger partial charge in [-0.05, 0) is 19.1 Å². The van der Waals surface area contributed by atoms with Crippen LogP contribution in [-0.2, 0) is 0 Å². The highest BCUT2D eigenvalue weighted by molar-refractivity contribution is 5.43. The average Bonchev–Trinajstić information content (AvgIpc) is 2.10. The van der Waals surface area contributed by atoms with E-state index in [2.05, 4.69) is 9.47 Å². The van der Waals surface area contributed by atoms with Crippen molar-refractivity contribution in [2.75, 3.05) is 0 Å². The minimum atomic E-state index is -2.99. The standard InChI is InChI=1S/C9H8F4O2/c1-5-6(14-8(10)11)3-2-4-7(5)15-9(12)13/h2-4,8-9H,1H3. The van der Waals surface area contributed by atoms with Crippen molar-refractivity contribution >= 4 is 0 Å². The van der Waals surface area contributed by atoms with Crippen LogP contribution in [0.4, 0.5) is 17.6 Å². The van der Waals surface area contributed by atoms with E-state index in [4.69, 9.17) is 0 Å². The molecule has 1 aromatic rings. The molecule has 0 amide bonds. The summed E-state index contributed by atoms with van der Waals surface area (Å²) in [5.74, 6) is -0.355. The van der Waals surface area contributed by atoms with Crippen LogP contribution < -0.4 is 9.47 Å². The van der Waals surface area contributed by atoms with E-state index < -0.39 is 13.2 Å². The van der Waals surface area contributed by atoms with E-state index in [1.165, 1.54) is 25.1 Å². The highest BCUT2D eigenvalue weighted by atomic mass is 19.3. The molecular weight excluding hydrogens is 216 g/mol. The van der Waals surface area contributed by atoms with E-state index in [9.17, 15) is 17.6 Å². The maximum atomic E-state index is 11.9. The van der Waals surface area contributed by atoms with Crippen molar-refractivity contribution in [2.24, 2.45) is 0 Å². The average molecular weight is 224 g/mol. The van der Waals surface area contributed by atoms with Gasteiger partial charge >= 0.3 is 13.2 Å². The summed E-state index contributed by atoms with van der Waals surface area (Å²) in [5.41, 5.74) is 0.109. The van der Waals surface area contributed by atoms with Crippen LogP contribution in [0.2, 0.25) is 0 Å². The Balaban J connectivity index is 2.90. The third-order valence-corrected chi connectivity index (χ3v) is 1.67. The first kappa shape index (κ1) is 11.6. The maximum Gasteiger partial charge on any atom is 0.387 e. The third-order valence-electron chi connectivity index (χ3n) is 1.67. The van der Waals surface area contributed by atoms with Crippen LogP contribution in [0.15, 0.2) is 18.2 Å². The molecule has 0 radical (unpaired) electrons. The molecule has 2 nitrogen and oxygen atoms in total. The minimum Gasteiger partial charge on any atom is -0.434 e. The number of ether oxygens (including phenoxy) is 2. The van der Waals surface area contributed by atoms with Gasteiger partial charge in [0.05, 0.1) is 0 Å². The van der Waals surface area contributed by atoms with Crippen molar-refractivity contribution in [2.45, 2.75) is 20.1 Å². The zero-order chi connectivity index (χ0) is 11.4. The van der Waals surface area contributed by atoms with Gasteiger partial charge in [-0.1, -0.05) is 6.07 Å². The number of rotatable bonds is 4.